The SMILES string of the molecule is CN(Cc1cccc(C#N)c1)C(=O)CCNC1CC1. The Balaban J connectivity index is 1.79. The Morgan fingerprint density at radius 2 is 2.32 bits per heavy atom. The van der Waals surface area contributed by atoms with Crippen LogP contribution in [0.2, 0.25) is 0 Å². The lowest BCUT2D eigenvalue weighted by molar-refractivity contribution is -0.130. The minimum Gasteiger partial charge on any atom is -0.341 e. The van der Waals surface area contributed by atoms with Crippen LogP contribution in [0.5, 0.6) is 0 Å². The Morgan fingerprint density at radius 1 is 1.53 bits per heavy atom. The number of nitrogens with zero attached hydrogens (tertiary/aromatic N) is 2. The average molecular weight is 257 g/mol. The molecule has 1 amide bonds. The molecule has 0 saturated heterocycles. The molecule has 1 aromatic carbocycles. The Labute approximate surface area is 114 Å². The van der Waals surface area contributed by atoms with E-state index in [9.17, 15) is 4.79 Å². The van der Waals surface area contributed by atoms with Gasteiger partial charge < -0.3 is 10.2 Å². The van der Waals surface area contributed by atoms with Gasteiger partial charge in [-0.05, 0) is 30.5 Å². The van der Waals surface area contributed by atoms with Gasteiger partial charge in [-0.25, -0.2) is 0 Å². The number of carbonyl (C=O) groups is 1. The second-order valence-corrected chi connectivity index (χ2v) is 5.04. The molecule has 0 heterocycles. The molecule has 19 heavy (non-hydrogen) atoms. The fraction of sp³-hybridized carbons (Fsp3) is 0.467. The highest BCUT2D eigenvalue weighted by atomic mass is 16.2. The van der Waals surface area contributed by atoms with Gasteiger partial charge in [-0.3, -0.25) is 4.79 Å². The maximum Gasteiger partial charge on any atom is 0.223 e. The summed E-state index contributed by atoms with van der Waals surface area (Å²) in [6.07, 6.45) is 3.01. The van der Waals surface area contributed by atoms with Crippen molar-refractivity contribution in [3.63, 3.8) is 0 Å². The predicted octanol–water partition coefficient (Wildman–Crippen LogP) is 1.66. The fourth-order valence-electron chi connectivity index (χ4n) is 1.96. The van der Waals surface area contributed by atoms with Crippen molar-refractivity contribution in [2.75, 3.05) is 13.6 Å². The second-order valence-electron chi connectivity index (χ2n) is 5.04. The first-order chi connectivity index (χ1) is 9.19. The number of rotatable bonds is 6. The quantitative estimate of drug-likeness (QED) is 0.843. The van der Waals surface area contributed by atoms with Gasteiger partial charge >= 0.3 is 0 Å². The van der Waals surface area contributed by atoms with Crippen molar-refractivity contribution in [3.8, 4) is 6.07 Å². The number of benzene rings is 1. The molecule has 0 unspecified atom stereocenters. The monoisotopic (exact) mass is 257 g/mol. The van der Waals surface area contributed by atoms with E-state index in [0.717, 1.165) is 12.1 Å². The molecule has 4 heteroatoms. The van der Waals surface area contributed by atoms with Gasteiger partial charge in [0.15, 0.2) is 0 Å². The lowest BCUT2D eigenvalue weighted by Crippen LogP contribution is -2.30. The first kappa shape index (κ1) is 13.6. The van der Waals surface area contributed by atoms with Gasteiger partial charge in [0.1, 0.15) is 0 Å². The molecule has 4 nitrogen and oxygen atoms in total. The fourth-order valence-corrected chi connectivity index (χ4v) is 1.96. The molecule has 0 radical (unpaired) electrons. The van der Waals surface area contributed by atoms with E-state index < -0.39 is 0 Å². The number of nitriles is 1. The van der Waals surface area contributed by atoms with E-state index in [1.807, 2.05) is 18.2 Å². The molecule has 100 valence electrons. The molecule has 0 atom stereocenters. The maximum absolute atomic E-state index is 11.9. The van der Waals surface area contributed by atoms with Crippen LogP contribution < -0.4 is 5.32 Å². The molecule has 0 spiro atoms. The highest BCUT2D eigenvalue weighted by molar-refractivity contribution is 5.76. The predicted molar refractivity (Wildman–Crippen MR) is 73.3 cm³/mol. The number of hydrogen-bond acceptors (Lipinski definition) is 3. The van der Waals surface area contributed by atoms with Crippen molar-refractivity contribution in [3.05, 3.63) is 35.4 Å². The lowest BCUT2D eigenvalue weighted by atomic mass is 10.1. The van der Waals surface area contributed by atoms with Crippen LogP contribution >= 0.6 is 0 Å². The van der Waals surface area contributed by atoms with E-state index in [-0.39, 0.29) is 5.91 Å². The molecular formula is C15H19N3O. The normalized spacial score (nSPS) is 13.9. The zero-order valence-corrected chi connectivity index (χ0v) is 11.2. The van der Waals surface area contributed by atoms with Crippen LogP contribution in [0.4, 0.5) is 0 Å². The summed E-state index contributed by atoms with van der Waals surface area (Å²) >= 11 is 0. The maximum atomic E-state index is 11.9. The Kier molecular flexibility index (Phi) is 4.53. The summed E-state index contributed by atoms with van der Waals surface area (Å²) < 4.78 is 0. The third kappa shape index (κ3) is 4.38. The molecule has 2 rings (SSSR count). The minimum absolute atomic E-state index is 0.135. The number of hydrogen-bond donors (Lipinski definition) is 1. The highest BCUT2D eigenvalue weighted by Crippen LogP contribution is 2.18. The molecule has 1 fully saturated rings. The van der Waals surface area contributed by atoms with Crippen molar-refractivity contribution in [2.24, 2.45) is 0 Å². The lowest BCUT2D eigenvalue weighted by Gasteiger charge is -2.17. The van der Waals surface area contributed by atoms with Crippen molar-refractivity contribution >= 4 is 5.91 Å². The van der Waals surface area contributed by atoms with Crippen LogP contribution in [0.25, 0.3) is 0 Å². The smallest absolute Gasteiger partial charge is 0.223 e. The van der Waals surface area contributed by atoms with Gasteiger partial charge in [0.05, 0.1) is 11.6 Å². The standard InChI is InChI=1S/C15H19N3O/c1-18(15(19)7-8-17-14-5-6-14)11-13-4-2-3-12(9-13)10-16/h2-4,9,14,17H,5-8,11H2,1H3. The molecule has 1 aliphatic rings. The van der Waals surface area contributed by atoms with E-state index >= 15 is 0 Å². The van der Waals surface area contributed by atoms with Gasteiger partial charge in [-0.2, -0.15) is 5.26 Å². The zero-order chi connectivity index (χ0) is 13.7. The second kappa shape index (κ2) is 6.35. The van der Waals surface area contributed by atoms with Crippen LogP contribution in [-0.2, 0) is 11.3 Å². The molecule has 1 saturated carbocycles. The van der Waals surface area contributed by atoms with Crippen molar-refractivity contribution in [1.29, 1.82) is 5.26 Å². The van der Waals surface area contributed by atoms with E-state index in [1.54, 1.807) is 18.0 Å². The third-order valence-electron chi connectivity index (χ3n) is 3.25. The van der Waals surface area contributed by atoms with Crippen LogP contribution in [0.3, 0.4) is 0 Å². The summed E-state index contributed by atoms with van der Waals surface area (Å²) in [5.74, 6) is 0.135. The Bertz CT molecular complexity index is 488. The van der Waals surface area contributed by atoms with E-state index in [4.69, 9.17) is 5.26 Å². The third-order valence-corrected chi connectivity index (χ3v) is 3.25. The molecule has 1 aliphatic carbocycles. The topological polar surface area (TPSA) is 56.1 Å². The van der Waals surface area contributed by atoms with E-state index in [1.165, 1.54) is 12.8 Å². The number of amides is 1. The van der Waals surface area contributed by atoms with Gasteiger partial charge in [-0.15, -0.1) is 0 Å². The first-order valence-electron chi connectivity index (χ1n) is 6.65. The van der Waals surface area contributed by atoms with Crippen LogP contribution in [0.1, 0.15) is 30.4 Å². The molecule has 1 aromatic rings. The molecule has 0 bridgehead atoms. The van der Waals surface area contributed by atoms with Crippen molar-refractivity contribution in [1.82, 2.24) is 10.2 Å². The zero-order valence-electron chi connectivity index (χ0n) is 11.2. The highest BCUT2D eigenvalue weighted by Gasteiger charge is 2.20. The summed E-state index contributed by atoms with van der Waals surface area (Å²) in [5, 5.41) is 12.2. The van der Waals surface area contributed by atoms with Crippen LogP contribution in [0, 0.1) is 11.3 Å². The summed E-state index contributed by atoms with van der Waals surface area (Å²) in [6, 6.07) is 10.1. The molecule has 0 aliphatic heterocycles. The van der Waals surface area contributed by atoms with Crippen molar-refractivity contribution < 1.29 is 4.79 Å². The number of carbonyl (C=O) groups excluding carboxylic acids is 1. The van der Waals surface area contributed by atoms with Gasteiger partial charge in [0, 0.05) is 32.6 Å². The summed E-state index contributed by atoms with van der Waals surface area (Å²) in [6.45, 7) is 1.31. The molecule has 1 N–H and O–H groups in total. The van der Waals surface area contributed by atoms with Gasteiger partial charge in [0.25, 0.3) is 0 Å². The van der Waals surface area contributed by atoms with Crippen LogP contribution in [0.15, 0.2) is 24.3 Å². The molecule has 0 aromatic heterocycles. The van der Waals surface area contributed by atoms with Crippen molar-refractivity contribution in [2.45, 2.75) is 31.8 Å². The number of nitrogens with one attached hydrogen (secondary N) is 1. The Hall–Kier alpha value is -1.86. The van der Waals surface area contributed by atoms with E-state index in [0.29, 0.717) is 24.6 Å². The molecular weight excluding hydrogens is 238 g/mol. The first-order valence-corrected chi connectivity index (χ1v) is 6.65. The summed E-state index contributed by atoms with van der Waals surface area (Å²) in [4.78, 5) is 13.6. The van der Waals surface area contributed by atoms with Crippen LogP contribution in [-0.4, -0.2) is 30.4 Å². The van der Waals surface area contributed by atoms with Gasteiger partial charge in [0.2, 0.25) is 5.91 Å². The summed E-state index contributed by atoms with van der Waals surface area (Å²) in [7, 11) is 1.80. The van der Waals surface area contributed by atoms with E-state index in [2.05, 4.69) is 11.4 Å². The minimum atomic E-state index is 0.135. The van der Waals surface area contributed by atoms with Gasteiger partial charge in [-0.1, -0.05) is 12.1 Å². The Morgan fingerprint density at radius 3 is 3.00 bits per heavy atom. The summed E-state index contributed by atoms with van der Waals surface area (Å²) in [5.41, 5.74) is 1.62. The largest absolute Gasteiger partial charge is 0.341 e. The average Bonchev–Trinajstić information content (AvgIpc) is 3.23.